The van der Waals surface area contributed by atoms with Gasteiger partial charge in [-0.3, -0.25) is 4.79 Å². The fourth-order valence-electron chi connectivity index (χ4n) is 2.47. The van der Waals surface area contributed by atoms with E-state index < -0.39 is 0 Å². The lowest BCUT2D eigenvalue weighted by Gasteiger charge is -2.30. The summed E-state index contributed by atoms with van der Waals surface area (Å²) in [6.07, 6.45) is 7.57. The minimum absolute atomic E-state index is 0.0231. The fourth-order valence-corrected chi connectivity index (χ4v) is 2.47. The number of carbonyl (C=O) groups is 1. The summed E-state index contributed by atoms with van der Waals surface area (Å²) in [5, 5.41) is 3.07. The van der Waals surface area contributed by atoms with Crippen LogP contribution in [0, 0.1) is 5.92 Å². The molecule has 0 bridgehead atoms. The van der Waals surface area contributed by atoms with Crippen molar-refractivity contribution in [3.05, 3.63) is 0 Å². The van der Waals surface area contributed by atoms with Crippen LogP contribution in [0.2, 0.25) is 0 Å². The zero-order chi connectivity index (χ0) is 11.1. The molecule has 1 aliphatic carbocycles. The highest BCUT2D eigenvalue weighted by molar-refractivity contribution is 5.77. The number of amides is 1. The van der Waals surface area contributed by atoms with Crippen LogP contribution in [-0.4, -0.2) is 25.7 Å². The Morgan fingerprint density at radius 1 is 1.40 bits per heavy atom. The highest BCUT2D eigenvalue weighted by Crippen LogP contribution is 2.27. The van der Waals surface area contributed by atoms with Gasteiger partial charge >= 0.3 is 0 Å². The van der Waals surface area contributed by atoms with Crippen LogP contribution in [0.3, 0.4) is 0 Å². The van der Waals surface area contributed by atoms with Crippen LogP contribution in [0.1, 0.15) is 45.4 Å². The molecule has 0 aromatic heterocycles. The summed E-state index contributed by atoms with van der Waals surface area (Å²) >= 11 is 0. The monoisotopic (exact) mass is 213 g/mol. The molecule has 3 nitrogen and oxygen atoms in total. The van der Waals surface area contributed by atoms with Gasteiger partial charge in [0.15, 0.2) is 0 Å². The lowest BCUT2D eigenvalue weighted by atomic mass is 9.83. The first-order valence-electron chi connectivity index (χ1n) is 6.06. The molecule has 1 amide bonds. The number of hydrogen-bond donors (Lipinski definition) is 1. The summed E-state index contributed by atoms with van der Waals surface area (Å²) in [6, 6.07) is 0.355. The summed E-state index contributed by atoms with van der Waals surface area (Å²) in [5.74, 6) is 0.708. The lowest BCUT2D eigenvalue weighted by molar-refractivity contribution is -0.125. The van der Waals surface area contributed by atoms with Crippen molar-refractivity contribution < 1.29 is 9.53 Å². The Bertz CT molecular complexity index is 188. The number of rotatable bonds is 5. The molecule has 1 rings (SSSR count). The number of carbonyl (C=O) groups excluding carboxylic acids is 1. The van der Waals surface area contributed by atoms with E-state index in [2.05, 4.69) is 12.2 Å². The number of ether oxygens (including phenoxy) is 1. The minimum Gasteiger partial charge on any atom is -0.375 e. The molecule has 3 heteroatoms. The van der Waals surface area contributed by atoms with E-state index in [4.69, 9.17) is 4.74 Å². The fraction of sp³-hybridized carbons (Fsp3) is 0.917. The van der Waals surface area contributed by atoms with Crippen molar-refractivity contribution in [1.29, 1.82) is 0 Å². The van der Waals surface area contributed by atoms with E-state index >= 15 is 0 Å². The van der Waals surface area contributed by atoms with Gasteiger partial charge in [-0.1, -0.05) is 26.2 Å². The smallest absolute Gasteiger partial charge is 0.246 e. The highest BCUT2D eigenvalue weighted by atomic mass is 16.5. The van der Waals surface area contributed by atoms with E-state index in [0.29, 0.717) is 12.0 Å². The molecule has 0 aliphatic heterocycles. The average Bonchev–Trinajstić information content (AvgIpc) is 2.27. The molecular weight excluding hydrogens is 190 g/mol. The number of methoxy groups -OCH3 is 1. The van der Waals surface area contributed by atoms with E-state index in [-0.39, 0.29) is 12.5 Å². The molecule has 88 valence electrons. The third kappa shape index (κ3) is 4.20. The molecule has 0 heterocycles. The van der Waals surface area contributed by atoms with Gasteiger partial charge in [0.05, 0.1) is 0 Å². The molecule has 0 unspecified atom stereocenters. The van der Waals surface area contributed by atoms with Gasteiger partial charge in [-0.25, -0.2) is 0 Å². The van der Waals surface area contributed by atoms with Gasteiger partial charge in [0.1, 0.15) is 6.61 Å². The standard InChI is InChI=1S/C12H23NO2/c1-3-11(13-12(14)9-15-2)10-7-5-4-6-8-10/h10-11H,3-9H2,1-2H3,(H,13,14)/t11-/m1/s1. The maximum absolute atomic E-state index is 11.4. The van der Waals surface area contributed by atoms with Crippen molar-refractivity contribution in [1.82, 2.24) is 5.32 Å². The molecular formula is C12H23NO2. The lowest BCUT2D eigenvalue weighted by Crippen LogP contribution is -2.42. The molecule has 0 aromatic rings. The van der Waals surface area contributed by atoms with Crippen LogP contribution >= 0.6 is 0 Å². The van der Waals surface area contributed by atoms with E-state index in [9.17, 15) is 4.79 Å². The van der Waals surface area contributed by atoms with E-state index in [1.54, 1.807) is 7.11 Å². The van der Waals surface area contributed by atoms with E-state index in [1.807, 2.05) is 0 Å². The zero-order valence-electron chi connectivity index (χ0n) is 9.92. The van der Waals surface area contributed by atoms with E-state index in [1.165, 1.54) is 32.1 Å². The Hall–Kier alpha value is -0.570. The highest BCUT2D eigenvalue weighted by Gasteiger charge is 2.23. The second-order valence-corrected chi connectivity index (χ2v) is 4.41. The summed E-state index contributed by atoms with van der Waals surface area (Å²) in [5.41, 5.74) is 0. The van der Waals surface area contributed by atoms with Crippen molar-refractivity contribution in [2.24, 2.45) is 5.92 Å². The number of nitrogens with one attached hydrogen (secondary N) is 1. The van der Waals surface area contributed by atoms with Crippen molar-refractivity contribution in [3.8, 4) is 0 Å². The van der Waals surface area contributed by atoms with Crippen LogP contribution < -0.4 is 5.32 Å². The largest absolute Gasteiger partial charge is 0.375 e. The quantitative estimate of drug-likeness (QED) is 0.759. The van der Waals surface area contributed by atoms with Crippen LogP contribution in [0.5, 0.6) is 0 Å². The Morgan fingerprint density at radius 3 is 2.60 bits per heavy atom. The third-order valence-corrected chi connectivity index (χ3v) is 3.28. The van der Waals surface area contributed by atoms with Gasteiger partial charge in [0.2, 0.25) is 5.91 Å². The van der Waals surface area contributed by atoms with E-state index in [0.717, 1.165) is 6.42 Å². The predicted molar refractivity (Wildman–Crippen MR) is 60.7 cm³/mol. The van der Waals surface area contributed by atoms with Gasteiger partial charge < -0.3 is 10.1 Å². The van der Waals surface area contributed by atoms with Gasteiger partial charge in [-0.2, -0.15) is 0 Å². The summed E-state index contributed by atoms with van der Waals surface area (Å²) in [7, 11) is 1.56. The second-order valence-electron chi connectivity index (χ2n) is 4.41. The first-order chi connectivity index (χ1) is 7.27. The van der Waals surface area contributed by atoms with Crippen LogP contribution in [0.15, 0.2) is 0 Å². The average molecular weight is 213 g/mol. The molecule has 0 radical (unpaired) electrons. The molecule has 0 saturated heterocycles. The van der Waals surface area contributed by atoms with Crippen molar-refractivity contribution in [2.45, 2.75) is 51.5 Å². The molecule has 1 saturated carbocycles. The second kappa shape index (κ2) is 6.83. The Kier molecular flexibility index (Phi) is 5.69. The normalized spacial score (nSPS) is 19.9. The van der Waals surface area contributed by atoms with Crippen LogP contribution in [0.4, 0.5) is 0 Å². The molecule has 15 heavy (non-hydrogen) atoms. The van der Waals surface area contributed by atoms with Gasteiger partial charge in [-0.05, 0) is 25.2 Å². The third-order valence-electron chi connectivity index (χ3n) is 3.28. The predicted octanol–water partition coefficient (Wildman–Crippen LogP) is 2.11. The molecule has 0 aromatic carbocycles. The molecule has 1 atom stereocenters. The first-order valence-corrected chi connectivity index (χ1v) is 6.06. The van der Waals surface area contributed by atoms with Gasteiger partial charge in [0, 0.05) is 13.2 Å². The van der Waals surface area contributed by atoms with Crippen LogP contribution in [0.25, 0.3) is 0 Å². The minimum atomic E-state index is 0.0231. The Balaban J connectivity index is 2.36. The molecule has 1 aliphatic rings. The SMILES string of the molecule is CC[C@@H](NC(=O)COC)C1CCCCC1. The zero-order valence-corrected chi connectivity index (χ0v) is 9.92. The maximum atomic E-state index is 11.4. The Labute approximate surface area is 92.6 Å². The molecule has 1 N–H and O–H groups in total. The first kappa shape index (κ1) is 12.5. The van der Waals surface area contributed by atoms with Crippen LogP contribution in [-0.2, 0) is 9.53 Å². The van der Waals surface area contributed by atoms with Crippen molar-refractivity contribution in [2.75, 3.05) is 13.7 Å². The molecule has 0 spiro atoms. The topological polar surface area (TPSA) is 38.3 Å². The summed E-state index contributed by atoms with van der Waals surface area (Å²) in [6.45, 7) is 2.33. The Morgan fingerprint density at radius 2 is 2.07 bits per heavy atom. The molecule has 1 fully saturated rings. The number of hydrogen-bond acceptors (Lipinski definition) is 2. The maximum Gasteiger partial charge on any atom is 0.246 e. The summed E-state index contributed by atoms with van der Waals surface area (Å²) < 4.78 is 4.82. The van der Waals surface area contributed by atoms with Crippen molar-refractivity contribution >= 4 is 5.91 Å². The van der Waals surface area contributed by atoms with Gasteiger partial charge in [-0.15, -0.1) is 0 Å². The van der Waals surface area contributed by atoms with Crippen molar-refractivity contribution in [3.63, 3.8) is 0 Å². The van der Waals surface area contributed by atoms with Gasteiger partial charge in [0.25, 0.3) is 0 Å². The summed E-state index contributed by atoms with van der Waals surface area (Å²) in [4.78, 5) is 11.4.